The molecule has 0 saturated carbocycles. The first kappa shape index (κ1) is 19.6. The van der Waals surface area contributed by atoms with Gasteiger partial charge in [-0.3, -0.25) is 9.80 Å². The summed E-state index contributed by atoms with van der Waals surface area (Å²) in [6, 6.07) is 0.789. The van der Waals surface area contributed by atoms with Crippen molar-refractivity contribution in [1.29, 1.82) is 0 Å². The van der Waals surface area contributed by atoms with E-state index in [9.17, 15) is 0 Å². The third-order valence-electron chi connectivity index (χ3n) is 7.57. The number of likely N-dealkylation sites (tertiary alicyclic amines) is 2. The SMILES string of the molecule is CC(C)(C)C1CN(C(C)(C)CC(C)(C)C2CN(C3CCOCC3)C2)C1. The van der Waals surface area contributed by atoms with E-state index in [1.807, 2.05) is 0 Å². The van der Waals surface area contributed by atoms with Crippen molar-refractivity contribution in [3.63, 3.8) is 0 Å². The second-order valence-electron chi connectivity index (χ2n) is 11.4. The highest BCUT2D eigenvalue weighted by molar-refractivity contribution is 5.01. The van der Waals surface area contributed by atoms with Gasteiger partial charge in [-0.15, -0.1) is 0 Å². The van der Waals surface area contributed by atoms with Gasteiger partial charge in [0.2, 0.25) is 0 Å². The molecule has 0 aromatic heterocycles. The zero-order valence-electron chi connectivity index (χ0n) is 17.9. The molecule has 0 atom stereocenters. The van der Waals surface area contributed by atoms with Crippen molar-refractivity contribution >= 4 is 0 Å². The Bertz CT molecular complexity index is 447. The molecule has 0 spiro atoms. The Morgan fingerprint density at radius 3 is 1.88 bits per heavy atom. The standard InChI is InChI=1S/C22H42N2O/c1-20(2,3)17-14-24(15-17)22(6,7)16-21(4,5)18-12-23(13-18)19-8-10-25-11-9-19/h17-19H,8-16H2,1-7H3. The van der Waals surface area contributed by atoms with E-state index in [0.29, 0.717) is 16.4 Å². The highest BCUT2D eigenvalue weighted by atomic mass is 16.5. The lowest BCUT2D eigenvalue weighted by Gasteiger charge is -2.58. The molecule has 3 aliphatic rings. The average molecular weight is 351 g/mol. The van der Waals surface area contributed by atoms with Gasteiger partial charge in [-0.25, -0.2) is 0 Å². The van der Waals surface area contributed by atoms with Crippen LogP contribution in [0.5, 0.6) is 0 Å². The van der Waals surface area contributed by atoms with E-state index < -0.39 is 0 Å². The summed E-state index contributed by atoms with van der Waals surface area (Å²) < 4.78 is 5.52. The molecule has 0 aromatic carbocycles. The first-order valence-electron chi connectivity index (χ1n) is 10.6. The summed E-state index contributed by atoms with van der Waals surface area (Å²) in [5.74, 6) is 1.72. The van der Waals surface area contributed by atoms with Crippen LogP contribution in [-0.4, -0.2) is 60.8 Å². The van der Waals surface area contributed by atoms with Gasteiger partial charge in [0.05, 0.1) is 0 Å². The van der Waals surface area contributed by atoms with Crippen molar-refractivity contribution in [1.82, 2.24) is 9.80 Å². The van der Waals surface area contributed by atoms with Crippen LogP contribution in [0, 0.1) is 22.7 Å². The zero-order chi connectivity index (χ0) is 18.5. The van der Waals surface area contributed by atoms with E-state index in [0.717, 1.165) is 31.1 Å². The second-order valence-corrected chi connectivity index (χ2v) is 11.4. The molecule has 0 radical (unpaired) electrons. The minimum absolute atomic E-state index is 0.324. The van der Waals surface area contributed by atoms with Crippen LogP contribution in [0.3, 0.4) is 0 Å². The van der Waals surface area contributed by atoms with Crippen LogP contribution in [0.4, 0.5) is 0 Å². The Morgan fingerprint density at radius 2 is 1.36 bits per heavy atom. The summed E-state index contributed by atoms with van der Waals surface area (Å²) in [6.45, 7) is 24.3. The first-order valence-corrected chi connectivity index (χ1v) is 10.6. The predicted molar refractivity (Wildman–Crippen MR) is 106 cm³/mol. The van der Waals surface area contributed by atoms with E-state index in [4.69, 9.17) is 4.74 Å². The summed E-state index contributed by atoms with van der Waals surface area (Å²) in [5.41, 5.74) is 1.21. The molecule has 0 aliphatic carbocycles. The molecule has 3 nitrogen and oxygen atoms in total. The molecular weight excluding hydrogens is 308 g/mol. The van der Waals surface area contributed by atoms with Crippen molar-refractivity contribution in [3.8, 4) is 0 Å². The molecule has 3 saturated heterocycles. The molecule has 0 unspecified atom stereocenters. The van der Waals surface area contributed by atoms with Gasteiger partial charge in [-0.2, -0.15) is 0 Å². The topological polar surface area (TPSA) is 15.7 Å². The largest absolute Gasteiger partial charge is 0.381 e. The van der Waals surface area contributed by atoms with Gasteiger partial charge in [-0.05, 0) is 55.8 Å². The number of hydrogen-bond donors (Lipinski definition) is 0. The van der Waals surface area contributed by atoms with Gasteiger partial charge in [0.15, 0.2) is 0 Å². The second kappa shape index (κ2) is 6.80. The average Bonchev–Trinajstić information content (AvgIpc) is 2.31. The van der Waals surface area contributed by atoms with E-state index >= 15 is 0 Å². The molecule has 3 rings (SSSR count). The maximum absolute atomic E-state index is 5.52. The third-order valence-corrected chi connectivity index (χ3v) is 7.57. The summed E-state index contributed by atoms with van der Waals surface area (Å²) in [4.78, 5) is 5.46. The van der Waals surface area contributed by atoms with Crippen molar-refractivity contribution < 1.29 is 4.74 Å². The van der Waals surface area contributed by atoms with Crippen LogP contribution in [-0.2, 0) is 4.74 Å². The third kappa shape index (κ3) is 4.25. The molecule has 25 heavy (non-hydrogen) atoms. The van der Waals surface area contributed by atoms with Gasteiger partial charge < -0.3 is 4.74 Å². The van der Waals surface area contributed by atoms with Gasteiger partial charge in [0.25, 0.3) is 0 Å². The van der Waals surface area contributed by atoms with Crippen LogP contribution in [0.15, 0.2) is 0 Å². The lowest BCUT2D eigenvalue weighted by molar-refractivity contribution is -0.0897. The van der Waals surface area contributed by atoms with Gasteiger partial charge in [-0.1, -0.05) is 34.6 Å². The van der Waals surface area contributed by atoms with Gasteiger partial charge >= 0.3 is 0 Å². The van der Waals surface area contributed by atoms with Crippen LogP contribution in [0.1, 0.15) is 67.7 Å². The Kier molecular flexibility index (Phi) is 5.34. The fourth-order valence-electron chi connectivity index (χ4n) is 5.25. The molecule has 3 heterocycles. The molecule has 0 N–H and O–H groups in total. The van der Waals surface area contributed by atoms with E-state index in [2.05, 4.69) is 58.3 Å². The Labute approximate surface area is 156 Å². The molecule has 0 aromatic rings. The Hall–Kier alpha value is -0.120. The van der Waals surface area contributed by atoms with Crippen LogP contribution in [0.25, 0.3) is 0 Å². The maximum atomic E-state index is 5.52. The van der Waals surface area contributed by atoms with Crippen molar-refractivity contribution in [2.45, 2.75) is 79.3 Å². The molecule has 0 bridgehead atoms. The summed E-state index contributed by atoms with van der Waals surface area (Å²) >= 11 is 0. The maximum Gasteiger partial charge on any atom is 0.0480 e. The van der Waals surface area contributed by atoms with Crippen LogP contribution >= 0.6 is 0 Å². The van der Waals surface area contributed by atoms with Gasteiger partial charge in [0.1, 0.15) is 0 Å². The van der Waals surface area contributed by atoms with E-state index in [1.54, 1.807) is 0 Å². The first-order chi connectivity index (χ1) is 11.5. The molecule has 3 fully saturated rings. The predicted octanol–water partition coefficient (Wildman–Crippen LogP) is 4.27. The Balaban J connectivity index is 1.48. The quantitative estimate of drug-likeness (QED) is 0.736. The fourth-order valence-corrected chi connectivity index (χ4v) is 5.25. The van der Waals surface area contributed by atoms with Crippen molar-refractivity contribution in [2.75, 3.05) is 39.4 Å². The number of ether oxygens (including phenoxy) is 1. The molecular formula is C22H42N2O. The van der Waals surface area contributed by atoms with Gasteiger partial charge in [0, 0.05) is 51.0 Å². The Morgan fingerprint density at radius 1 is 0.800 bits per heavy atom. The highest BCUT2D eigenvalue weighted by Gasteiger charge is 2.48. The normalized spacial score (nSPS) is 26.5. The number of rotatable bonds is 5. The fraction of sp³-hybridized carbons (Fsp3) is 1.00. The van der Waals surface area contributed by atoms with Crippen LogP contribution in [0.2, 0.25) is 0 Å². The summed E-state index contributed by atoms with van der Waals surface area (Å²) in [6.07, 6.45) is 3.78. The lowest BCUT2D eigenvalue weighted by atomic mass is 9.66. The monoisotopic (exact) mass is 350 g/mol. The highest BCUT2D eigenvalue weighted by Crippen LogP contribution is 2.46. The van der Waals surface area contributed by atoms with E-state index in [1.165, 1.54) is 45.4 Å². The smallest absolute Gasteiger partial charge is 0.0480 e. The number of hydrogen-bond acceptors (Lipinski definition) is 3. The minimum atomic E-state index is 0.324. The minimum Gasteiger partial charge on any atom is -0.381 e. The van der Waals surface area contributed by atoms with E-state index in [-0.39, 0.29) is 0 Å². The molecule has 146 valence electrons. The number of nitrogens with zero attached hydrogens (tertiary/aromatic N) is 2. The summed E-state index contributed by atoms with van der Waals surface area (Å²) in [7, 11) is 0. The lowest BCUT2D eigenvalue weighted by Crippen LogP contribution is -2.63. The summed E-state index contributed by atoms with van der Waals surface area (Å²) in [5, 5.41) is 0. The molecule has 0 amide bonds. The zero-order valence-corrected chi connectivity index (χ0v) is 17.9. The van der Waals surface area contributed by atoms with Crippen molar-refractivity contribution in [2.24, 2.45) is 22.7 Å². The molecule has 3 aliphatic heterocycles. The van der Waals surface area contributed by atoms with Crippen LogP contribution < -0.4 is 0 Å². The molecule has 3 heteroatoms. The van der Waals surface area contributed by atoms with Crippen molar-refractivity contribution in [3.05, 3.63) is 0 Å².